The number of thiophene rings is 1. The zero-order valence-electron chi connectivity index (χ0n) is 15.5. The highest BCUT2D eigenvalue weighted by Gasteiger charge is 2.48. The minimum absolute atomic E-state index is 0.154. The number of piperidine rings is 1. The molecular formula is C20H17N3O5S. The first-order chi connectivity index (χ1) is 13.8. The first-order valence-corrected chi connectivity index (χ1v) is 9.86. The number of carbonyl (C=O) groups excluding carboxylic acids is 5. The van der Waals surface area contributed by atoms with Crippen LogP contribution < -0.4 is 10.6 Å². The topological polar surface area (TPSA) is 113 Å². The van der Waals surface area contributed by atoms with Crippen molar-refractivity contribution < 1.29 is 24.0 Å². The van der Waals surface area contributed by atoms with Crippen molar-refractivity contribution in [3.05, 3.63) is 57.3 Å². The van der Waals surface area contributed by atoms with Crippen molar-refractivity contribution in [2.75, 3.05) is 0 Å². The van der Waals surface area contributed by atoms with Crippen molar-refractivity contribution >= 4 is 40.9 Å². The SMILES string of the molecule is C[C@]1(N2Cc3ccc(C(=O)NC(=O)c4cccs4)cc3C2=O)CCC(=O)NC1=O. The first-order valence-electron chi connectivity index (χ1n) is 8.98. The third kappa shape index (κ3) is 3.23. The number of nitrogens with one attached hydrogen (secondary N) is 2. The minimum Gasteiger partial charge on any atom is -0.320 e. The second-order valence-corrected chi connectivity index (χ2v) is 8.12. The van der Waals surface area contributed by atoms with E-state index in [-0.39, 0.29) is 36.8 Å². The maximum absolute atomic E-state index is 13.0. The molecule has 9 heteroatoms. The lowest BCUT2D eigenvalue weighted by Gasteiger charge is -2.39. The van der Waals surface area contributed by atoms with Crippen LogP contribution in [-0.2, 0) is 16.1 Å². The van der Waals surface area contributed by atoms with Gasteiger partial charge >= 0.3 is 0 Å². The van der Waals surface area contributed by atoms with E-state index in [1.165, 1.54) is 22.3 Å². The number of amides is 5. The van der Waals surface area contributed by atoms with Crippen LogP contribution in [0.1, 0.15) is 55.7 Å². The third-order valence-electron chi connectivity index (χ3n) is 5.32. The van der Waals surface area contributed by atoms with E-state index in [1.807, 2.05) is 0 Å². The smallest absolute Gasteiger partial charge is 0.268 e. The van der Waals surface area contributed by atoms with Gasteiger partial charge in [0.2, 0.25) is 5.91 Å². The Balaban J connectivity index is 1.55. The fourth-order valence-corrected chi connectivity index (χ4v) is 4.16. The number of hydrogen-bond donors (Lipinski definition) is 2. The standard InChI is InChI=1S/C20H17N3O5S/c1-20(7-6-15(24)21-19(20)28)23-10-12-5-4-11(9-13(12)18(23)27)16(25)22-17(26)14-3-2-8-29-14/h2-5,8-9H,6-7,10H2,1H3,(H,21,24,28)(H,22,25,26)/t20-/m0/s1. The fourth-order valence-electron chi connectivity index (χ4n) is 3.54. The van der Waals surface area contributed by atoms with Crippen LogP contribution in [0.25, 0.3) is 0 Å². The molecule has 1 atom stereocenters. The zero-order valence-corrected chi connectivity index (χ0v) is 16.3. The molecule has 0 unspecified atom stereocenters. The van der Waals surface area contributed by atoms with E-state index in [4.69, 9.17) is 0 Å². The molecule has 29 heavy (non-hydrogen) atoms. The quantitative estimate of drug-likeness (QED) is 0.743. The third-order valence-corrected chi connectivity index (χ3v) is 6.19. The molecule has 2 N–H and O–H groups in total. The molecule has 1 aromatic heterocycles. The summed E-state index contributed by atoms with van der Waals surface area (Å²) >= 11 is 1.22. The van der Waals surface area contributed by atoms with E-state index in [0.29, 0.717) is 16.0 Å². The molecule has 0 spiro atoms. The van der Waals surface area contributed by atoms with Gasteiger partial charge in [-0.3, -0.25) is 34.6 Å². The minimum atomic E-state index is -1.14. The summed E-state index contributed by atoms with van der Waals surface area (Å²) in [5.41, 5.74) is 0.0353. The molecule has 5 amide bonds. The van der Waals surface area contributed by atoms with Gasteiger partial charge in [-0.15, -0.1) is 11.3 Å². The summed E-state index contributed by atoms with van der Waals surface area (Å²) in [4.78, 5) is 63.2. The second kappa shape index (κ2) is 6.93. The average molecular weight is 411 g/mol. The van der Waals surface area contributed by atoms with E-state index >= 15 is 0 Å². The highest BCUT2D eigenvalue weighted by molar-refractivity contribution is 7.12. The molecule has 2 aliphatic rings. The van der Waals surface area contributed by atoms with Crippen molar-refractivity contribution in [2.24, 2.45) is 0 Å². The molecule has 2 aliphatic heterocycles. The Morgan fingerprint density at radius 3 is 2.66 bits per heavy atom. The molecule has 0 bridgehead atoms. The molecule has 4 rings (SSSR count). The number of carbonyl (C=O) groups is 5. The summed E-state index contributed by atoms with van der Waals surface area (Å²) in [6.45, 7) is 1.84. The molecule has 0 saturated carbocycles. The van der Waals surface area contributed by atoms with Gasteiger partial charge in [-0.05, 0) is 42.5 Å². The van der Waals surface area contributed by atoms with Crippen LogP contribution in [0.4, 0.5) is 0 Å². The molecule has 1 fully saturated rings. The van der Waals surface area contributed by atoms with Crippen LogP contribution in [0.2, 0.25) is 0 Å². The largest absolute Gasteiger partial charge is 0.320 e. The Morgan fingerprint density at radius 1 is 1.17 bits per heavy atom. The number of imide groups is 2. The molecule has 0 radical (unpaired) electrons. The summed E-state index contributed by atoms with van der Waals surface area (Å²) in [5, 5.41) is 6.32. The lowest BCUT2D eigenvalue weighted by Crippen LogP contribution is -2.61. The Morgan fingerprint density at radius 2 is 1.97 bits per heavy atom. The van der Waals surface area contributed by atoms with Gasteiger partial charge in [0.25, 0.3) is 23.6 Å². The maximum Gasteiger partial charge on any atom is 0.268 e. The highest BCUT2D eigenvalue weighted by atomic mass is 32.1. The Hall–Kier alpha value is -3.33. The lowest BCUT2D eigenvalue weighted by molar-refractivity contribution is -0.142. The summed E-state index contributed by atoms with van der Waals surface area (Å²) < 4.78 is 0. The van der Waals surface area contributed by atoms with Gasteiger partial charge in [-0.2, -0.15) is 0 Å². The normalized spacial score (nSPS) is 21.0. The van der Waals surface area contributed by atoms with Crippen molar-refractivity contribution in [1.29, 1.82) is 0 Å². The molecule has 148 valence electrons. The van der Waals surface area contributed by atoms with Gasteiger partial charge < -0.3 is 4.90 Å². The maximum atomic E-state index is 13.0. The van der Waals surface area contributed by atoms with Crippen molar-refractivity contribution in [1.82, 2.24) is 15.5 Å². The summed E-state index contributed by atoms with van der Waals surface area (Å²) in [5.74, 6) is -2.36. The number of benzene rings is 1. The molecule has 2 aromatic rings. The monoisotopic (exact) mass is 411 g/mol. The Bertz CT molecular complexity index is 1060. The average Bonchev–Trinajstić information content (AvgIpc) is 3.34. The highest BCUT2D eigenvalue weighted by Crippen LogP contribution is 2.34. The van der Waals surface area contributed by atoms with Gasteiger partial charge in [0.15, 0.2) is 0 Å². The summed E-state index contributed by atoms with van der Waals surface area (Å²) in [7, 11) is 0. The van der Waals surface area contributed by atoms with E-state index in [1.54, 1.807) is 36.6 Å². The van der Waals surface area contributed by atoms with E-state index < -0.39 is 23.3 Å². The number of fused-ring (bicyclic) bond motifs is 1. The van der Waals surface area contributed by atoms with Crippen LogP contribution in [-0.4, -0.2) is 40.0 Å². The van der Waals surface area contributed by atoms with Crippen LogP contribution >= 0.6 is 11.3 Å². The van der Waals surface area contributed by atoms with Gasteiger partial charge in [0.1, 0.15) is 5.54 Å². The van der Waals surface area contributed by atoms with Gasteiger partial charge in [0.05, 0.1) is 4.88 Å². The Kier molecular flexibility index (Phi) is 4.54. The number of hydrogen-bond acceptors (Lipinski definition) is 6. The predicted molar refractivity (Wildman–Crippen MR) is 103 cm³/mol. The molecule has 8 nitrogen and oxygen atoms in total. The fraction of sp³-hybridized carbons (Fsp3) is 0.250. The van der Waals surface area contributed by atoms with E-state index in [0.717, 1.165) is 0 Å². The van der Waals surface area contributed by atoms with Crippen molar-refractivity contribution in [3.63, 3.8) is 0 Å². The van der Waals surface area contributed by atoms with Crippen LogP contribution in [0.5, 0.6) is 0 Å². The van der Waals surface area contributed by atoms with E-state index in [2.05, 4.69) is 10.6 Å². The van der Waals surface area contributed by atoms with E-state index in [9.17, 15) is 24.0 Å². The molecular weight excluding hydrogens is 394 g/mol. The van der Waals surface area contributed by atoms with Crippen LogP contribution in [0.3, 0.4) is 0 Å². The second-order valence-electron chi connectivity index (χ2n) is 7.17. The van der Waals surface area contributed by atoms with Gasteiger partial charge in [-0.25, -0.2) is 0 Å². The van der Waals surface area contributed by atoms with Crippen LogP contribution in [0, 0.1) is 0 Å². The van der Waals surface area contributed by atoms with Crippen LogP contribution in [0.15, 0.2) is 35.7 Å². The molecule has 1 saturated heterocycles. The lowest BCUT2D eigenvalue weighted by atomic mass is 9.89. The van der Waals surface area contributed by atoms with Gasteiger partial charge in [-0.1, -0.05) is 12.1 Å². The summed E-state index contributed by atoms with van der Waals surface area (Å²) in [6, 6.07) is 7.94. The van der Waals surface area contributed by atoms with Crippen molar-refractivity contribution in [3.8, 4) is 0 Å². The molecule has 3 heterocycles. The van der Waals surface area contributed by atoms with Crippen molar-refractivity contribution in [2.45, 2.75) is 31.8 Å². The van der Waals surface area contributed by atoms with Gasteiger partial charge in [0, 0.05) is 24.1 Å². The first kappa shape index (κ1) is 19.0. The Labute approximate surface area is 169 Å². The zero-order chi connectivity index (χ0) is 20.8. The predicted octanol–water partition coefficient (Wildman–Crippen LogP) is 1.47. The number of nitrogens with zero attached hydrogens (tertiary/aromatic N) is 1. The molecule has 0 aliphatic carbocycles. The number of rotatable bonds is 3. The summed E-state index contributed by atoms with van der Waals surface area (Å²) in [6.07, 6.45) is 0.390. The molecule has 1 aromatic carbocycles.